The number of amides is 4. The van der Waals surface area contributed by atoms with Crippen LogP contribution in [0.15, 0.2) is 30.3 Å². The van der Waals surface area contributed by atoms with Crippen molar-refractivity contribution < 1.29 is 23.9 Å². The van der Waals surface area contributed by atoms with Gasteiger partial charge in [-0.2, -0.15) is 0 Å². The summed E-state index contributed by atoms with van der Waals surface area (Å²) in [6, 6.07) is 7.44. The van der Waals surface area contributed by atoms with E-state index >= 15 is 0 Å². The molecule has 7 N–H and O–H groups in total. The lowest BCUT2D eigenvalue weighted by Crippen LogP contribution is -2.51. The lowest BCUT2D eigenvalue weighted by Gasteiger charge is -2.20. The van der Waals surface area contributed by atoms with Crippen LogP contribution in [-0.4, -0.2) is 49.0 Å². The first-order chi connectivity index (χ1) is 16.6. The van der Waals surface area contributed by atoms with Crippen LogP contribution in [0.3, 0.4) is 0 Å². The Labute approximate surface area is 208 Å². The summed E-state index contributed by atoms with van der Waals surface area (Å²) in [4.78, 5) is 48.4. The van der Waals surface area contributed by atoms with Gasteiger partial charge in [0.15, 0.2) is 0 Å². The van der Waals surface area contributed by atoms with Gasteiger partial charge in [0, 0.05) is 0 Å². The number of rotatable bonds is 14. The maximum atomic E-state index is 12.6. The molecule has 1 rings (SSSR count). The molecule has 10 nitrogen and oxygen atoms in total. The van der Waals surface area contributed by atoms with Crippen molar-refractivity contribution in [2.45, 2.75) is 78.5 Å². The molecular formula is C25H43N5O5. The molecule has 0 saturated carbocycles. The molecule has 10 heteroatoms. The molecule has 198 valence electrons. The predicted molar refractivity (Wildman–Crippen MR) is 136 cm³/mol. The highest BCUT2D eigenvalue weighted by Crippen LogP contribution is 2.05. The smallest absolute Gasteiger partial charge is 0.408 e. The molecule has 1 aromatic carbocycles. The third-order valence-corrected chi connectivity index (χ3v) is 4.58. The number of alkyl carbamates (subject to hydrolysis) is 1. The minimum Gasteiger partial charge on any atom is -0.445 e. The van der Waals surface area contributed by atoms with Crippen LogP contribution in [0.4, 0.5) is 4.79 Å². The van der Waals surface area contributed by atoms with Gasteiger partial charge < -0.3 is 32.2 Å². The Bertz CT molecular complexity index is 758. The number of hydrogen-bond acceptors (Lipinski definition) is 6. The molecule has 35 heavy (non-hydrogen) atoms. The number of primary amides is 1. The normalized spacial score (nSPS) is 11.9. The molecule has 0 aliphatic carbocycles. The zero-order valence-electron chi connectivity index (χ0n) is 21.5. The first-order valence-corrected chi connectivity index (χ1v) is 12.2. The molecule has 0 heterocycles. The molecule has 0 aromatic heterocycles. The van der Waals surface area contributed by atoms with Gasteiger partial charge in [-0.15, -0.1) is 0 Å². The second-order valence-corrected chi connectivity index (χ2v) is 8.62. The predicted octanol–water partition coefficient (Wildman–Crippen LogP) is 1.96. The van der Waals surface area contributed by atoms with Crippen molar-refractivity contribution in [3.8, 4) is 0 Å². The molecule has 0 aliphatic rings. The zero-order chi connectivity index (χ0) is 26.6. The third-order valence-electron chi connectivity index (χ3n) is 4.58. The van der Waals surface area contributed by atoms with Crippen LogP contribution in [0, 0.1) is 5.92 Å². The van der Waals surface area contributed by atoms with Gasteiger partial charge >= 0.3 is 6.09 Å². The molecule has 0 spiro atoms. The summed E-state index contributed by atoms with van der Waals surface area (Å²) in [5.41, 5.74) is 11.6. The fourth-order valence-electron chi connectivity index (χ4n) is 2.92. The Morgan fingerprint density at radius 3 is 2.14 bits per heavy atom. The highest BCUT2D eigenvalue weighted by Gasteiger charge is 2.23. The van der Waals surface area contributed by atoms with Crippen LogP contribution in [0.1, 0.15) is 65.4 Å². The van der Waals surface area contributed by atoms with Crippen LogP contribution in [0.2, 0.25) is 0 Å². The lowest BCUT2D eigenvalue weighted by molar-refractivity contribution is -0.129. The van der Waals surface area contributed by atoms with Crippen molar-refractivity contribution in [2.75, 3.05) is 13.1 Å². The Kier molecular flexibility index (Phi) is 17.5. The van der Waals surface area contributed by atoms with Gasteiger partial charge in [0.1, 0.15) is 18.7 Å². The molecule has 4 amide bonds. The summed E-state index contributed by atoms with van der Waals surface area (Å²) in [5, 5.41) is 7.53. The van der Waals surface area contributed by atoms with E-state index in [0.717, 1.165) is 5.56 Å². The number of carbonyl (C=O) groups is 4. The minimum absolute atomic E-state index is 0.0660. The summed E-state index contributed by atoms with van der Waals surface area (Å²) in [6.07, 6.45) is 2.53. The Morgan fingerprint density at radius 2 is 1.60 bits per heavy atom. The van der Waals surface area contributed by atoms with E-state index in [9.17, 15) is 19.2 Å². The average Bonchev–Trinajstić information content (AvgIpc) is 2.81. The largest absolute Gasteiger partial charge is 0.445 e. The number of nitrogens with one attached hydrogen (secondary N) is 3. The fraction of sp³-hybridized carbons (Fsp3) is 0.600. The van der Waals surface area contributed by atoms with Gasteiger partial charge in [-0.25, -0.2) is 4.79 Å². The standard InChI is InChI=1S/C22H35N5O5.C3H8/c1-15(2)12-18(20(24)29)26-19(28)13-25-21(30)17(10-6-7-11-23)27-22(31)32-14-16-8-4-3-5-9-16;1-3-2/h3-5,8-9,15,17-18H,6-7,10-14,23H2,1-2H3,(H2,24,29)(H,25,30)(H,26,28)(H,27,31);3H2,1-2H3/t17-,18-;/m0./s1. The molecular weight excluding hydrogens is 450 g/mol. The Hall–Kier alpha value is -3.14. The van der Waals surface area contributed by atoms with Crippen molar-refractivity contribution in [2.24, 2.45) is 17.4 Å². The maximum Gasteiger partial charge on any atom is 0.408 e. The first kappa shape index (κ1) is 31.9. The SMILES string of the molecule is CC(C)C[C@H](NC(=O)CNC(=O)[C@H](CCCCN)NC(=O)OCc1ccccc1)C(N)=O.CCC. The van der Waals surface area contributed by atoms with Crippen LogP contribution in [0.5, 0.6) is 0 Å². The number of benzene rings is 1. The van der Waals surface area contributed by atoms with E-state index in [1.54, 1.807) is 0 Å². The molecule has 0 unspecified atom stereocenters. The third kappa shape index (κ3) is 16.2. The number of hydrogen-bond donors (Lipinski definition) is 5. The van der Waals surface area contributed by atoms with Gasteiger partial charge in [-0.1, -0.05) is 64.4 Å². The zero-order valence-corrected chi connectivity index (χ0v) is 21.5. The van der Waals surface area contributed by atoms with E-state index in [4.69, 9.17) is 16.2 Å². The van der Waals surface area contributed by atoms with E-state index in [2.05, 4.69) is 29.8 Å². The summed E-state index contributed by atoms with van der Waals surface area (Å²) >= 11 is 0. The van der Waals surface area contributed by atoms with Crippen LogP contribution in [0.25, 0.3) is 0 Å². The van der Waals surface area contributed by atoms with Gasteiger partial charge in [0.2, 0.25) is 17.7 Å². The highest BCUT2D eigenvalue weighted by molar-refractivity contribution is 5.91. The van der Waals surface area contributed by atoms with Crippen molar-refractivity contribution in [3.63, 3.8) is 0 Å². The summed E-state index contributed by atoms with van der Waals surface area (Å²) < 4.78 is 5.17. The monoisotopic (exact) mass is 493 g/mol. The van der Waals surface area contributed by atoms with E-state index in [-0.39, 0.29) is 19.1 Å². The summed E-state index contributed by atoms with van der Waals surface area (Å²) in [7, 11) is 0. The molecule has 0 bridgehead atoms. The number of ether oxygens (including phenoxy) is 1. The van der Waals surface area contributed by atoms with Gasteiger partial charge in [-0.3, -0.25) is 14.4 Å². The Balaban J connectivity index is 0.00000365. The highest BCUT2D eigenvalue weighted by atomic mass is 16.5. The van der Waals surface area contributed by atoms with Gasteiger partial charge in [0.05, 0.1) is 6.54 Å². The van der Waals surface area contributed by atoms with Crippen molar-refractivity contribution >= 4 is 23.8 Å². The second kappa shape index (κ2) is 19.2. The molecule has 0 radical (unpaired) electrons. The number of nitrogens with two attached hydrogens (primary N) is 2. The molecule has 2 atom stereocenters. The Morgan fingerprint density at radius 1 is 0.971 bits per heavy atom. The first-order valence-electron chi connectivity index (χ1n) is 12.2. The fourth-order valence-corrected chi connectivity index (χ4v) is 2.92. The van der Waals surface area contributed by atoms with Gasteiger partial charge in [0.25, 0.3) is 0 Å². The van der Waals surface area contributed by atoms with Crippen molar-refractivity contribution in [1.82, 2.24) is 16.0 Å². The molecule has 1 aromatic rings. The van der Waals surface area contributed by atoms with Crippen LogP contribution < -0.4 is 27.4 Å². The van der Waals surface area contributed by atoms with E-state index < -0.39 is 35.9 Å². The topological polar surface area (TPSA) is 166 Å². The molecule has 0 aliphatic heterocycles. The van der Waals surface area contributed by atoms with E-state index in [1.165, 1.54) is 6.42 Å². The van der Waals surface area contributed by atoms with Crippen molar-refractivity contribution in [1.29, 1.82) is 0 Å². The summed E-state index contributed by atoms with van der Waals surface area (Å²) in [5.74, 6) is -1.57. The molecule has 0 fully saturated rings. The average molecular weight is 494 g/mol. The minimum atomic E-state index is -0.889. The maximum absolute atomic E-state index is 12.6. The van der Waals surface area contributed by atoms with Crippen LogP contribution in [-0.2, 0) is 25.7 Å². The summed E-state index contributed by atoms with van der Waals surface area (Å²) in [6.45, 7) is 8.22. The van der Waals surface area contributed by atoms with Gasteiger partial charge in [-0.05, 0) is 43.7 Å². The number of carbonyl (C=O) groups excluding carboxylic acids is 4. The number of unbranched alkanes of at least 4 members (excludes halogenated alkanes) is 1. The molecule has 0 saturated heterocycles. The second-order valence-electron chi connectivity index (χ2n) is 8.62. The van der Waals surface area contributed by atoms with E-state index in [0.29, 0.717) is 32.2 Å². The quantitative estimate of drug-likeness (QED) is 0.248. The van der Waals surface area contributed by atoms with E-state index in [1.807, 2.05) is 44.2 Å². The van der Waals surface area contributed by atoms with Crippen molar-refractivity contribution in [3.05, 3.63) is 35.9 Å². The lowest BCUT2D eigenvalue weighted by atomic mass is 10.0. The van der Waals surface area contributed by atoms with Crippen LogP contribution >= 0.6 is 0 Å².